The van der Waals surface area contributed by atoms with E-state index in [2.05, 4.69) is 11.2 Å². The van der Waals surface area contributed by atoms with E-state index in [1.54, 1.807) is 11.8 Å². The lowest BCUT2D eigenvalue weighted by Gasteiger charge is -2.15. The van der Waals surface area contributed by atoms with Crippen molar-refractivity contribution in [1.82, 2.24) is 5.32 Å². The summed E-state index contributed by atoms with van der Waals surface area (Å²) in [5.74, 6) is 4.41. The molecule has 0 radical (unpaired) electrons. The predicted molar refractivity (Wildman–Crippen MR) is 57.8 cm³/mol. The van der Waals surface area contributed by atoms with Crippen LogP contribution in [0, 0.1) is 12.3 Å². The number of thioether (sulfide) groups is 1. The van der Waals surface area contributed by atoms with E-state index in [1.165, 1.54) is 0 Å². The van der Waals surface area contributed by atoms with E-state index in [0.29, 0.717) is 6.04 Å². The fourth-order valence-corrected chi connectivity index (χ4v) is 2.15. The molecule has 0 saturated heterocycles. The van der Waals surface area contributed by atoms with Crippen LogP contribution in [0.25, 0.3) is 0 Å². The lowest BCUT2D eigenvalue weighted by atomic mass is 10.2. The zero-order valence-electron chi connectivity index (χ0n) is 7.83. The maximum absolute atomic E-state index is 9.49. The van der Waals surface area contributed by atoms with E-state index < -0.39 is 0 Å². The van der Waals surface area contributed by atoms with Gasteiger partial charge < -0.3 is 10.4 Å². The average molecular weight is 199 g/mol. The van der Waals surface area contributed by atoms with Gasteiger partial charge >= 0.3 is 0 Å². The Balaban J connectivity index is 1.96. The first kappa shape index (κ1) is 10.9. The molecule has 1 fully saturated rings. The summed E-state index contributed by atoms with van der Waals surface area (Å²) >= 11 is 1.76. The summed E-state index contributed by atoms with van der Waals surface area (Å²) in [6.07, 6.45) is 8.21. The average Bonchev–Trinajstić information content (AvgIpc) is 2.52. The molecule has 0 aromatic heterocycles. The SMILES string of the molecule is C#CCSCCN[C@@H]1CCC[C@H]1O. The summed E-state index contributed by atoms with van der Waals surface area (Å²) < 4.78 is 0. The van der Waals surface area contributed by atoms with Crippen molar-refractivity contribution in [3.8, 4) is 12.3 Å². The van der Waals surface area contributed by atoms with Crippen molar-refractivity contribution in [1.29, 1.82) is 0 Å². The third-order valence-corrected chi connectivity index (χ3v) is 3.18. The molecule has 0 aromatic carbocycles. The number of nitrogens with one attached hydrogen (secondary N) is 1. The maximum atomic E-state index is 9.49. The Kier molecular flexibility index (Phi) is 5.29. The summed E-state index contributed by atoms with van der Waals surface area (Å²) in [5, 5.41) is 12.8. The van der Waals surface area contributed by atoms with Gasteiger partial charge in [0.2, 0.25) is 0 Å². The van der Waals surface area contributed by atoms with Gasteiger partial charge in [-0.2, -0.15) is 0 Å². The second-order valence-electron chi connectivity index (χ2n) is 3.32. The van der Waals surface area contributed by atoms with E-state index in [1.807, 2.05) is 0 Å². The van der Waals surface area contributed by atoms with E-state index in [4.69, 9.17) is 6.42 Å². The smallest absolute Gasteiger partial charge is 0.0693 e. The van der Waals surface area contributed by atoms with Crippen LogP contribution >= 0.6 is 11.8 Å². The number of rotatable bonds is 5. The van der Waals surface area contributed by atoms with Gasteiger partial charge in [-0.3, -0.25) is 0 Å². The number of aliphatic hydroxyl groups is 1. The predicted octanol–water partition coefficient (Wildman–Crippen LogP) is 0.856. The van der Waals surface area contributed by atoms with Gasteiger partial charge in [0.15, 0.2) is 0 Å². The summed E-state index contributed by atoms with van der Waals surface area (Å²) in [4.78, 5) is 0. The first-order valence-corrected chi connectivity index (χ1v) is 5.92. The topological polar surface area (TPSA) is 32.3 Å². The van der Waals surface area contributed by atoms with Crippen molar-refractivity contribution in [2.75, 3.05) is 18.1 Å². The molecule has 0 unspecified atom stereocenters. The molecule has 74 valence electrons. The third kappa shape index (κ3) is 4.04. The molecule has 0 aliphatic heterocycles. The molecule has 13 heavy (non-hydrogen) atoms. The van der Waals surface area contributed by atoms with Gasteiger partial charge in [0.1, 0.15) is 0 Å². The molecule has 2 nitrogen and oxygen atoms in total. The largest absolute Gasteiger partial charge is 0.392 e. The summed E-state index contributed by atoms with van der Waals surface area (Å²) in [5.41, 5.74) is 0. The van der Waals surface area contributed by atoms with Crippen molar-refractivity contribution in [3.63, 3.8) is 0 Å². The summed E-state index contributed by atoms with van der Waals surface area (Å²) in [6.45, 7) is 0.952. The van der Waals surface area contributed by atoms with E-state index >= 15 is 0 Å². The van der Waals surface area contributed by atoms with Crippen molar-refractivity contribution in [2.45, 2.75) is 31.4 Å². The van der Waals surface area contributed by atoms with Crippen LogP contribution in [0.3, 0.4) is 0 Å². The highest BCUT2D eigenvalue weighted by molar-refractivity contribution is 7.99. The molecule has 3 heteroatoms. The van der Waals surface area contributed by atoms with Crippen LogP contribution in [0.15, 0.2) is 0 Å². The third-order valence-electron chi connectivity index (χ3n) is 2.32. The van der Waals surface area contributed by atoms with E-state index in [9.17, 15) is 5.11 Å². The monoisotopic (exact) mass is 199 g/mol. The zero-order chi connectivity index (χ0) is 9.52. The highest BCUT2D eigenvalue weighted by Crippen LogP contribution is 2.18. The van der Waals surface area contributed by atoms with Gasteiger partial charge in [-0.05, 0) is 19.3 Å². The number of aliphatic hydroxyl groups excluding tert-OH is 1. The van der Waals surface area contributed by atoms with Crippen molar-refractivity contribution in [3.05, 3.63) is 0 Å². The normalized spacial score (nSPS) is 27.4. The van der Waals surface area contributed by atoms with Crippen LogP contribution in [-0.4, -0.2) is 35.3 Å². The minimum atomic E-state index is -0.127. The molecule has 0 aromatic rings. The molecule has 2 atom stereocenters. The van der Waals surface area contributed by atoms with Crippen LogP contribution < -0.4 is 5.32 Å². The molecular formula is C10H17NOS. The molecule has 1 saturated carbocycles. The van der Waals surface area contributed by atoms with Crippen LogP contribution in [0.5, 0.6) is 0 Å². The highest BCUT2D eigenvalue weighted by atomic mass is 32.2. The second kappa shape index (κ2) is 6.31. The number of hydrogen-bond acceptors (Lipinski definition) is 3. The molecule has 0 spiro atoms. The molecule has 0 bridgehead atoms. The summed E-state index contributed by atoms with van der Waals surface area (Å²) in [6, 6.07) is 0.325. The van der Waals surface area contributed by atoms with Crippen molar-refractivity contribution >= 4 is 11.8 Å². The lowest BCUT2D eigenvalue weighted by Crippen LogP contribution is -2.36. The van der Waals surface area contributed by atoms with Gasteiger partial charge in [0.25, 0.3) is 0 Å². The zero-order valence-corrected chi connectivity index (χ0v) is 8.65. The summed E-state index contributed by atoms with van der Waals surface area (Å²) in [7, 11) is 0. The molecule has 2 N–H and O–H groups in total. The maximum Gasteiger partial charge on any atom is 0.0693 e. The standard InChI is InChI=1S/C10H17NOS/c1-2-7-13-8-6-11-9-4-3-5-10(9)12/h1,9-12H,3-8H2/t9-,10-/m1/s1. The van der Waals surface area contributed by atoms with Crippen molar-refractivity contribution < 1.29 is 5.11 Å². The molecule has 1 rings (SSSR count). The molecular weight excluding hydrogens is 182 g/mol. The van der Waals surface area contributed by atoms with E-state index in [-0.39, 0.29) is 6.10 Å². The van der Waals surface area contributed by atoms with Crippen LogP contribution in [0.4, 0.5) is 0 Å². The fraction of sp³-hybridized carbons (Fsp3) is 0.800. The van der Waals surface area contributed by atoms with Gasteiger partial charge in [0.05, 0.1) is 11.9 Å². The Morgan fingerprint density at radius 2 is 2.38 bits per heavy atom. The van der Waals surface area contributed by atoms with Crippen LogP contribution in [-0.2, 0) is 0 Å². The Morgan fingerprint density at radius 1 is 1.54 bits per heavy atom. The minimum Gasteiger partial charge on any atom is -0.392 e. The Labute approximate surface area is 84.5 Å². The fourth-order valence-electron chi connectivity index (χ4n) is 1.63. The van der Waals surface area contributed by atoms with Crippen LogP contribution in [0.1, 0.15) is 19.3 Å². The van der Waals surface area contributed by atoms with E-state index in [0.717, 1.165) is 37.3 Å². The van der Waals surface area contributed by atoms with Gasteiger partial charge in [-0.1, -0.05) is 5.92 Å². The quantitative estimate of drug-likeness (QED) is 0.509. The lowest BCUT2D eigenvalue weighted by molar-refractivity contribution is 0.150. The van der Waals surface area contributed by atoms with Crippen LogP contribution in [0.2, 0.25) is 0 Å². The Bertz CT molecular complexity index is 178. The first-order valence-electron chi connectivity index (χ1n) is 4.77. The van der Waals surface area contributed by atoms with Gasteiger partial charge in [0, 0.05) is 18.3 Å². The van der Waals surface area contributed by atoms with Gasteiger partial charge in [-0.25, -0.2) is 0 Å². The Morgan fingerprint density at radius 3 is 3.00 bits per heavy atom. The first-order chi connectivity index (χ1) is 6.34. The number of hydrogen-bond donors (Lipinski definition) is 2. The van der Waals surface area contributed by atoms with Gasteiger partial charge in [-0.15, -0.1) is 18.2 Å². The molecule has 0 amide bonds. The Hall–Kier alpha value is -0.170. The molecule has 1 aliphatic rings. The minimum absolute atomic E-state index is 0.127. The molecule has 1 aliphatic carbocycles. The van der Waals surface area contributed by atoms with Crippen molar-refractivity contribution in [2.24, 2.45) is 0 Å². The number of terminal acetylenes is 1. The second-order valence-corrected chi connectivity index (χ2v) is 4.42. The highest BCUT2D eigenvalue weighted by Gasteiger charge is 2.23. The molecule has 0 heterocycles.